The van der Waals surface area contributed by atoms with Gasteiger partial charge in [0.15, 0.2) is 0 Å². The van der Waals surface area contributed by atoms with Crippen LogP contribution in [0, 0.1) is 0 Å². The molecule has 2 fully saturated rings. The Balaban J connectivity index is 1.73. The van der Waals surface area contributed by atoms with Crippen LogP contribution in [0.4, 0.5) is 5.69 Å². The summed E-state index contributed by atoms with van der Waals surface area (Å²) in [6.45, 7) is 9.98. The molecule has 0 aromatic heterocycles. The van der Waals surface area contributed by atoms with E-state index in [9.17, 15) is 0 Å². The second-order valence-corrected chi connectivity index (χ2v) is 6.68. The number of fused-ring (bicyclic) bond motifs is 1. The average Bonchev–Trinajstić information content (AvgIpc) is 2.94. The smallest absolute Gasteiger partial charge is 0.0642 e. The van der Waals surface area contributed by atoms with E-state index in [-0.39, 0.29) is 0 Å². The number of halogens is 1. The second kappa shape index (κ2) is 6.55. The molecule has 1 N–H and O–H groups in total. The molecular weight excluding hydrogens is 282 g/mol. The molecule has 0 amide bonds. The Morgan fingerprint density at radius 2 is 2.19 bits per heavy atom. The van der Waals surface area contributed by atoms with Crippen LogP contribution in [0.25, 0.3) is 0 Å². The van der Waals surface area contributed by atoms with Crippen LogP contribution in [0.2, 0.25) is 5.02 Å². The maximum atomic E-state index is 6.57. The van der Waals surface area contributed by atoms with E-state index in [1.165, 1.54) is 37.2 Å². The molecule has 0 spiro atoms. The van der Waals surface area contributed by atoms with E-state index in [2.05, 4.69) is 47.2 Å². The molecule has 0 radical (unpaired) electrons. The predicted molar refractivity (Wildman–Crippen MR) is 90.4 cm³/mol. The molecule has 0 saturated carbocycles. The number of rotatable bonds is 4. The monoisotopic (exact) mass is 307 g/mol. The first-order valence-corrected chi connectivity index (χ1v) is 8.58. The number of nitrogens with zero attached hydrogens (tertiary/aromatic N) is 2. The molecule has 0 bridgehead atoms. The van der Waals surface area contributed by atoms with Crippen LogP contribution in [0.1, 0.15) is 38.3 Å². The summed E-state index contributed by atoms with van der Waals surface area (Å²) in [5.41, 5.74) is 2.47. The van der Waals surface area contributed by atoms with Gasteiger partial charge in [-0.2, -0.15) is 0 Å². The fraction of sp³-hybridized carbons (Fsp3) is 0.647. The molecule has 3 rings (SSSR count). The Labute approximate surface area is 133 Å². The van der Waals surface area contributed by atoms with Crippen molar-refractivity contribution in [2.45, 2.75) is 38.8 Å². The Morgan fingerprint density at radius 1 is 1.33 bits per heavy atom. The highest BCUT2D eigenvalue weighted by atomic mass is 35.5. The summed E-state index contributed by atoms with van der Waals surface area (Å²) < 4.78 is 0. The van der Waals surface area contributed by atoms with Crippen LogP contribution < -0.4 is 10.2 Å². The second-order valence-electron chi connectivity index (χ2n) is 6.27. The van der Waals surface area contributed by atoms with Gasteiger partial charge in [0.1, 0.15) is 0 Å². The summed E-state index contributed by atoms with van der Waals surface area (Å²) in [6, 6.07) is 7.64. The van der Waals surface area contributed by atoms with Gasteiger partial charge in [-0.05, 0) is 50.6 Å². The van der Waals surface area contributed by atoms with Gasteiger partial charge >= 0.3 is 0 Å². The van der Waals surface area contributed by atoms with Crippen molar-refractivity contribution in [3.8, 4) is 0 Å². The van der Waals surface area contributed by atoms with Gasteiger partial charge in [0.25, 0.3) is 0 Å². The Bertz CT molecular complexity index is 491. The minimum Gasteiger partial charge on any atom is -0.367 e. The highest BCUT2D eigenvalue weighted by Crippen LogP contribution is 2.32. The SMILES string of the molecule is CCNC(C)c1ccc(N2CCN3CCCC3C2)c(Cl)c1. The molecule has 116 valence electrons. The fourth-order valence-corrected chi connectivity index (χ4v) is 3.99. The van der Waals surface area contributed by atoms with Crippen molar-refractivity contribution in [2.24, 2.45) is 0 Å². The number of benzene rings is 1. The molecule has 2 saturated heterocycles. The molecule has 0 aliphatic carbocycles. The van der Waals surface area contributed by atoms with Gasteiger partial charge in [0, 0.05) is 31.7 Å². The van der Waals surface area contributed by atoms with Gasteiger partial charge < -0.3 is 10.2 Å². The first-order chi connectivity index (χ1) is 10.2. The van der Waals surface area contributed by atoms with Gasteiger partial charge in [-0.3, -0.25) is 4.90 Å². The van der Waals surface area contributed by atoms with E-state index in [0.29, 0.717) is 6.04 Å². The highest BCUT2D eigenvalue weighted by molar-refractivity contribution is 6.33. The molecule has 2 atom stereocenters. The number of anilines is 1. The molecule has 21 heavy (non-hydrogen) atoms. The third-order valence-electron chi connectivity index (χ3n) is 4.91. The van der Waals surface area contributed by atoms with Crippen molar-refractivity contribution in [1.29, 1.82) is 0 Å². The minimum absolute atomic E-state index is 0.355. The normalized spacial score (nSPS) is 24.1. The van der Waals surface area contributed by atoms with E-state index in [4.69, 9.17) is 11.6 Å². The molecule has 1 aromatic rings. The van der Waals surface area contributed by atoms with E-state index in [0.717, 1.165) is 30.7 Å². The molecule has 2 aliphatic rings. The van der Waals surface area contributed by atoms with Crippen LogP contribution in [-0.4, -0.2) is 43.7 Å². The van der Waals surface area contributed by atoms with Crippen molar-refractivity contribution >= 4 is 17.3 Å². The first-order valence-electron chi connectivity index (χ1n) is 8.21. The first kappa shape index (κ1) is 15.1. The fourth-order valence-electron chi connectivity index (χ4n) is 3.68. The third-order valence-corrected chi connectivity index (χ3v) is 5.21. The molecule has 2 aliphatic heterocycles. The Hall–Kier alpha value is -0.770. The van der Waals surface area contributed by atoms with Gasteiger partial charge in [-0.25, -0.2) is 0 Å². The molecule has 2 heterocycles. The molecule has 4 heteroatoms. The van der Waals surface area contributed by atoms with Crippen molar-refractivity contribution < 1.29 is 0 Å². The van der Waals surface area contributed by atoms with E-state index < -0.39 is 0 Å². The largest absolute Gasteiger partial charge is 0.367 e. The zero-order chi connectivity index (χ0) is 14.8. The average molecular weight is 308 g/mol. The predicted octanol–water partition coefficient (Wildman–Crippen LogP) is 3.29. The van der Waals surface area contributed by atoms with Crippen molar-refractivity contribution in [1.82, 2.24) is 10.2 Å². The Morgan fingerprint density at radius 3 is 2.95 bits per heavy atom. The van der Waals surface area contributed by atoms with Gasteiger partial charge in [0.05, 0.1) is 10.7 Å². The standard InChI is InChI=1S/C17H26ClN3/c1-3-19-13(2)14-6-7-17(16(18)11-14)21-10-9-20-8-4-5-15(20)12-21/h6-7,11,13,15,19H,3-5,8-10,12H2,1-2H3. The Kier molecular flexibility index (Phi) is 4.72. The summed E-state index contributed by atoms with van der Waals surface area (Å²) >= 11 is 6.57. The quantitative estimate of drug-likeness (QED) is 0.921. The third kappa shape index (κ3) is 3.20. The van der Waals surface area contributed by atoms with Gasteiger partial charge in [-0.1, -0.05) is 24.6 Å². The zero-order valence-corrected chi connectivity index (χ0v) is 13.9. The van der Waals surface area contributed by atoms with Gasteiger partial charge in [0.2, 0.25) is 0 Å². The summed E-state index contributed by atoms with van der Waals surface area (Å²) in [4.78, 5) is 5.10. The molecule has 1 aromatic carbocycles. The number of hydrogen-bond acceptors (Lipinski definition) is 3. The van der Waals surface area contributed by atoms with Crippen molar-refractivity contribution in [3.63, 3.8) is 0 Å². The lowest BCUT2D eigenvalue weighted by Gasteiger charge is -2.39. The number of hydrogen-bond donors (Lipinski definition) is 1. The maximum Gasteiger partial charge on any atom is 0.0642 e. The van der Waals surface area contributed by atoms with E-state index >= 15 is 0 Å². The molecular formula is C17H26ClN3. The van der Waals surface area contributed by atoms with Crippen LogP contribution in [0.3, 0.4) is 0 Å². The minimum atomic E-state index is 0.355. The summed E-state index contributed by atoms with van der Waals surface area (Å²) in [6.07, 6.45) is 2.69. The lowest BCUT2D eigenvalue weighted by Crippen LogP contribution is -2.50. The highest BCUT2D eigenvalue weighted by Gasteiger charge is 2.31. The summed E-state index contributed by atoms with van der Waals surface area (Å²) in [5, 5.41) is 4.33. The number of piperazine rings is 1. The number of nitrogens with one attached hydrogen (secondary N) is 1. The van der Waals surface area contributed by atoms with Crippen molar-refractivity contribution in [2.75, 3.05) is 37.6 Å². The van der Waals surface area contributed by atoms with Gasteiger partial charge in [-0.15, -0.1) is 0 Å². The lowest BCUT2D eigenvalue weighted by atomic mass is 10.1. The summed E-state index contributed by atoms with van der Waals surface area (Å²) in [5.74, 6) is 0. The van der Waals surface area contributed by atoms with Crippen LogP contribution in [0.15, 0.2) is 18.2 Å². The van der Waals surface area contributed by atoms with E-state index in [1.54, 1.807) is 0 Å². The molecule has 2 unspecified atom stereocenters. The van der Waals surface area contributed by atoms with Crippen LogP contribution in [0.5, 0.6) is 0 Å². The zero-order valence-electron chi connectivity index (χ0n) is 13.1. The maximum absolute atomic E-state index is 6.57. The molecule has 3 nitrogen and oxygen atoms in total. The van der Waals surface area contributed by atoms with E-state index in [1.807, 2.05) is 0 Å². The van der Waals surface area contributed by atoms with Crippen LogP contribution >= 0.6 is 11.6 Å². The van der Waals surface area contributed by atoms with Crippen molar-refractivity contribution in [3.05, 3.63) is 28.8 Å². The summed E-state index contributed by atoms with van der Waals surface area (Å²) in [7, 11) is 0. The lowest BCUT2D eigenvalue weighted by molar-refractivity contribution is 0.231. The topological polar surface area (TPSA) is 18.5 Å². The van der Waals surface area contributed by atoms with Crippen LogP contribution in [-0.2, 0) is 0 Å².